The molecule has 6 heteroatoms. The van der Waals surface area contributed by atoms with Gasteiger partial charge in [0, 0.05) is 6.54 Å². The molecule has 0 aliphatic rings. The van der Waals surface area contributed by atoms with Crippen LogP contribution in [-0.2, 0) is 4.79 Å². The highest BCUT2D eigenvalue weighted by atomic mass is 16.5. The number of carbonyl (C=O) groups is 2. The number of hydrogen-bond donors (Lipinski definition) is 2. The number of benzene rings is 2. The molecule has 0 spiro atoms. The number of hydrogen-bond acceptors (Lipinski definition) is 4. The summed E-state index contributed by atoms with van der Waals surface area (Å²) in [5, 5.41) is 5.42. The van der Waals surface area contributed by atoms with Gasteiger partial charge in [-0.25, -0.2) is 0 Å². The number of para-hydroxylation sites is 3. The zero-order valence-corrected chi connectivity index (χ0v) is 14.8. The van der Waals surface area contributed by atoms with Crippen LogP contribution in [0.2, 0.25) is 0 Å². The number of carbonyl (C=O) groups excluding carboxylic acids is 2. The minimum Gasteiger partial charge on any atom is -0.493 e. The van der Waals surface area contributed by atoms with Gasteiger partial charge in [-0.3, -0.25) is 9.59 Å². The number of rotatable bonds is 8. The van der Waals surface area contributed by atoms with Crippen LogP contribution in [0.1, 0.15) is 17.3 Å². The lowest BCUT2D eigenvalue weighted by atomic mass is 10.1. The number of anilines is 1. The highest BCUT2D eigenvalue weighted by molar-refractivity contribution is 6.04. The van der Waals surface area contributed by atoms with Gasteiger partial charge in [-0.15, -0.1) is 6.58 Å². The van der Waals surface area contributed by atoms with Crippen molar-refractivity contribution in [3.05, 3.63) is 66.7 Å². The predicted molar refractivity (Wildman–Crippen MR) is 101 cm³/mol. The maximum Gasteiger partial charge on any atom is 0.265 e. The summed E-state index contributed by atoms with van der Waals surface area (Å²) in [6, 6.07) is 13.9. The van der Waals surface area contributed by atoms with E-state index >= 15 is 0 Å². The van der Waals surface area contributed by atoms with Crippen LogP contribution in [0, 0.1) is 0 Å². The highest BCUT2D eigenvalue weighted by Gasteiger charge is 2.19. The van der Waals surface area contributed by atoms with E-state index in [-0.39, 0.29) is 11.8 Å². The Bertz CT molecular complexity index is 789. The Hall–Kier alpha value is -3.28. The third-order valence-corrected chi connectivity index (χ3v) is 3.58. The summed E-state index contributed by atoms with van der Waals surface area (Å²) in [7, 11) is 1.53. The Labute approximate surface area is 152 Å². The number of ether oxygens (including phenoxy) is 2. The fourth-order valence-electron chi connectivity index (χ4n) is 2.24. The summed E-state index contributed by atoms with van der Waals surface area (Å²) in [6.45, 7) is 5.53. The molecular formula is C20H22N2O4. The van der Waals surface area contributed by atoms with Gasteiger partial charge in [0.15, 0.2) is 17.6 Å². The van der Waals surface area contributed by atoms with Crippen LogP contribution in [0.25, 0.3) is 0 Å². The zero-order valence-electron chi connectivity index (χ0n) is 14.8. The van der Waals surface area contributed by atoms with E-state index in [0.29, 0.717) is 29.3 Å². The standard InChI is InChI=1S/C20H22N2O4/c1-4-13-21-20(24)15-9-5-6-10-16(15)22-19(23)14(2)26-18-12-8-7-11-17(18)25-3/h4-12,14H,1,13H2,2-3H3,(H,21,24)(H,22,23)/t14-/m1/s1. The van der Waals surface area contributed by atoms with E-state index in [0.717, 1.165) is 0 Å². The average molecular weight is 354 g/mol. The fraction of sp³-hybridized carbons (Fsp3) is 0.200. The summed E-state index contributed by atoms with van der Waals surface area (Å²) in [5.41, 5.74) is 0.779. The molecule has 2 aromatic carbocycles. The quantitative estimate of drug-likeness (QED) is 0.715. The van der Waals surface area contributed by atoms with Gasteiger partial charge in [0.1, 0.15) is 0 Å². The molecule has 0 aliphatic carbocycles. The van der Waals surface area contributed by atoms with Gasteiger partial charge in [0.05, 0.1) is 18.4 Å². The van der Waals surface area contributed by atoms with Crippen LogP contribution in [0.15, 0.2) is 61.2 Å². The lowest BCUT2D eigenvalue weighted by Crippen LogP contribution is -2.32. The van der Waals surface area contributed by atoms with E-state index in [2.05, 4.69) is 17.2 Å². The van der Waals surface area contributed by atoms with Gasteiger partial charge in [0.25, 0.3) is 11.8 Å². The molecule has 0 saturated carbocycles. The third kappa shape index (κ3) is 4.86. The first-order chi connectivity index (χ1) is 12.6. The van der Waals surface area contributed by atoms with Crippen molar-refractivity contribution in [1.29, 1.82) is 0 Å². The van der Waals surface area contributed by atoms with Crippen LogP contribution in [0.4, 0.5) is 5.69 Å². The first-order valence-electron chi connectivity index (χ1n) is 8.15. The van der Waals surface area contributed by atoms with Crippen molar-refractivity contribution in [2.75, 3.05) is 19.0 Å². The lowest BCUT2D eigenvalue weighted by Gasteiger charge is -2.17. The lowest BCUT2D eigenvalue weighted by molar-refractivity contribution is -0.122. The van der Waals surface area contributed by atoms with E-state index in [1.807, 2.05) is 6.07 Å². The average Bonchev–Trinajstić information content (AvgIpc) is 2.66. The van der Waals surface area contributed by atoms with Gasteiger partial charge < -0.3 is 20.1 Å². The minimum absolute atomic E-state index is 0.292. The Morgan fingerprint density at radius 2 is 1.77 bits per heavy atom. The van der Waals surface area contributed by atoms with Gasteiger partial charge in [-0.05, 0) is 31.2 Å². The second-order valence-electron chi connectivity index (χ2n) is 5.44. The molecule has 2 amide bonds. The smallest absolute Gasteiger partial charge is 0.265 e. The van der Waals surface area contributed by atoms with Gasteiger partial charge in [0.2, 0.25) is 0 Å². The number of amides is 2. The monoisotopic (exact) mass is 354 g/mol. The number of methoxy groups -OCH3 is 1. The summed E-state index contributed by atoms with van der Waals surface area (Å²) >= 11 is 0. The Kier molecular flexibility index (Phi) is 6.79. The predicted octanol–water partition coefficient (Wildman–Crippen LogP) is 3.02. The largest absolute Gasteiger partial charge is 0.493 e. The van der Waals surface area contributed by atoms with E-state index in [1.165, 1.54) is 7.11 Å². The van der Waals surface area contributed by atoms with E-state index < -0.39 is 6.10 Å². The van der Waals surface area contributed by atoms with Crippen LogP contribution in [0.5, 0.6) is 11.5 Å². The van der Waals surface area contributed by atoms with Crippen LogP contribution < -0.4 is 20.1 Å². The van der Waals surface area contributed by atoms with Crippen molar-refractivity contribution in [1.82, 2.24) is 5.32 Å². The molecule has 0 fully saturated rings. The van der Waals surface area contributed by atoms with Crippen LogP contribution in [0.3, 0.4) is 0 Å². The molecule has 0 bridgehead atoms. The first kappa shape index (κ1) is 19.1. The van der Waals surface area contributed by atoms with Crippen LogP contribution >= 0.6 is 0 Å². The van der Waals surface area contributed by atoms with Crippen molar-refractivity contribution in [3.63, 3.8) is 0 Å². The summed E-state index contributed by atoms with van der Waals surface area (Å²) in [5.74, 6) is 0.338. The molecule has 26 heavy (non-hydrogen) atoms. The van der Waals surface area contributed by atoms with Gasteiger partial charge in [-0.2, -0.15) is 0 Å². The molecule has 2 N–H and O–H groups in total. The molecule has 6 nitrogen and oxygen atoms in total. The first-order valence-corrected chi connectivity index (χ1v) is 8.15. The van der Waals surface area contributed by atoms with E-state index in [9.17, 15) is 9.59 Å². The van der Waals surface area contributed by atoms with Gasteiger partial charge >= 0.3 is 0 Å². The summed E-state index contributed by atoms with van der Waals surface area (Å²) in [4.78, 5) is 24.7. The molecule has 0 heterocycles. The minimum atomic E-state index is -0.782. The van der Waals surface area contributed by atoms with E-state index in [4.69, 9.17) is 9.47 Å². The van der Waals surface area contributed by atoms with Crippen molar-refractivity contribution in [3.8, 4) is 11.5 Å². The van der Waals surface area contributed by atoms with E-state index in [1.54, 1.807) is 55.5 Å². The molecule has 1 atom stereocenters. The third-order valence-electron chi connectivity index (χ3n) is 3.58. The number of nitrogens with one attached hydrogen (secondary N) is 2. The molecule has 0 aliphatic heterocycles. The second kappa shape index (κ2) is 9.27. The maximum absolute atomic E-state index is 12.5. The van der Waals surface area contributed by atoms with Crippen LogP contribution in [-0.4, -0.2) is 31.6 Å². The van der Waals surface area contributed by atoms with Crippen molar-refractivity contribution in [2.24, 2.45) is 0 Å². The molecule has 136 valence electrons. The van der Waals surface area contributed by atoms with Crippen molar-refractivity contribution in [2.45, 2.75) is 13.0 Å². The maximum atomic E-state index is 12.5. The Morgan fingerprint density at radius 1 is 1.12 bits per heavy atom. The Morgan fingerprint density at radius 3 is 2.46 bits per heavy atom. The zero-order chi connectivity index (χ0) is 18.9. The topological polar surface area (TPSA) is 76.7 Å². The molecule has 0 radical (unpaired) electrons. The SMILES string of the molecule is C=CCNC(=O)c1ccccc1NC(=O)[C@@H](C)Oc1ccccc1OC. The highest BCUT2D eigenvalue weighted by Crippen LogP contribution is 2.27. The Balaban J connectivity index is 2.09. The summed E-state index contributed by atoms with van der Waals surface area (Å²) < 4.78 is 10.9. The molecular weight excluding hydrogens is 332 g/mol. The second-order valence-corrected chi connectivity index (χ2v) is 5.44. The molecule has 0 saturated heterocycles. The molecule has 0 unspecified atom stereocenters. The van der Waals surface area contributed by atoms with Crippen molar-refractivity contribution < 1.29 is 19.1 Å². The van der Waals surface area contributed by atoms with Gasteiger partial charge in [-0.1, -0.05) is 30.3 Å². The molecule has 2 aromatic rings. The fourth-order valence-corrected chi connectivity index (χ4v) is 2.24. The normalized spacial score (nSPS) is 11.2. The molecule has 0 aromatic heterocycles. The summed E-state index contributed by atoms with van der Waals surface area (Å²) in [6.07, 6.45) is 0.804. The van der Waals surface area contributed by atoms with Crippen molar-refractivity contribution >= 4 is 17.5 Å². The molecule has 2 rings (SSSR count).